The van der Waals surface area contributed by atoms with E-state index in [4.69, 9.17) is 14.6 Å². The molecule has 0 fully saturated rings. The van der Waals surface area contributed by atoms with Crippen molar-refractivity contribution in [3.63, 3.8) is 0 Å². The zero-order valence-electron chi connectivity index (χ0n) is 17.4. The molecule has 3 rings (SSSR count). The van der Waals surface area contributed by atoms with Gasteiger partial charge in [0.2, 0.25) is 0 Å². The van der Waals surface area contributed by atoms with Crippen LogP contribution in [-0.4, -0.2) is 55.6 Å². The molecule has 13 nitrogen and oxygen atoms in total. The van der Waals surface area contributed by atoms with Crippen LogP contribution in [0.3, 0.4) is 0 Å². The van der Waals surface area contributed by atoms with Crippen LogP contribution in [-0.2, 0) is 30.2 Å². The lowest BCUT2D eigenvalue weighted by molar-refractivity contribution is -0.139. The quantitative estimate of drug-likeness (QED) is 0.332. The van der Waals surface area contributed by atoms with Gasteiger partial charge < -0.3 is 19.1 Å². The Bertz CT molecular complexity index is 1330. The van der Waals surface area contributed by atoms with Crippen LogP contribution >= 0.6 is 0 Å². The largest absolute Gasteiger partial charge is 0.493 e. The molecule has 3 aromatic rings. The summed E-state index contributed by atoms with van der Waals surface area (Å²) in [4.78, 5) is 51.2. The number of nitrogens with zero attached hydrogens (tertiary/aromatic N) is 5. The maximum atomic E-state index is 12.3. The topological polar surface area (TPSA) is 159 Å². The van der Waals surface area contributed by atoms with Gasteiger partial charge in [0, 0.05) is 14.1 Å². The lowest BCUT2D eigenvalue weighted by Gasteiger charge is -2.09. The number of carboxylic acids is 1. The Hall–Kier alpha value is -4.42. The molecule has 1 amide bonds. The number of aromatic nitrogens is 4. The summed E-state index contributed by atoms with van der Waals surface area (Å²) in [7, 11) is 4.24. The SMILES string of the molecule is COc1cc(/C=N/NC(=O)Cn2cnc3c(=O)n(C)c(=O)n(C)c32)ccc1OCC(=O)O. The van der Waals surface area contributed by atoms with Gasteiger partial charge in [-0.1, -0.05) is 0 Å². The van der Waals surface area contributed by atoms with Gasteiger partial charge >= 0.3 is 11.7 Å². The molecule has 0 saturated carbocycles. The number of ether oxygens (including phenoxy) is 2. The molecule has 0 aliphatic heterocycles. The highest BCUT2D eigenvalue weighted by molar-refractivity contribution is 5.84. The summed E-state index contributed by atoms with van der Waals surface area (Å²) in [6.07, 6.45) is 2.66. The number of carboxylic acid groups (broad SMARTS) is 1. The van der Waals surface area contributed by atoms with Gasteiger partial charge in [-0.3, -0.25) is 18.7 Å². The van der Waals surface area contributed by atoms with Gasteiger partial charge in [-0.25, -0.2) is 20.0 Å². The molecule has 1 aromatic carbocycles. The average molecular weight is 444 g/mol. The third-order valence-electron chi connectivity index (χ3n) is 4.46. The minimum absolute atomic E-state index is 0.0724. The molecule has 0 saturated heterocycles. The van der Waals surface area contributed by atoms with E-state index in [9.17, 15) is 19.2 Å². The van der Waals surface area contributed by atoms with Crippen LogP contribution in [0, 0.1) is 0 Å². The lowest BCUT2D eigenvalue weighted by atomic mass is 10.2. The number of hydrogen-bond donors (Lipinski definition) is 2. The van der Waals surface area contributed by atoms with Gasteiger partial charge in [-0.15, -0.1) is 0 Å². The molecule has 0 spiro atoms. The number of methoxy groups -OCH3 is 1. The van der Waals surface area contributed by atoms with Crippen molar-refractivity contribution in [2.75, 3.05) is 13.7 Å². The van der Waals surface area contributed by atoms with Crippen LogP contribution in [0.15, 0.2) is 39.2 Å². The standard InChI is InChI=1S/C19H20N6O7/c1-23-17-16(18(29)24(2)19(23)30)20-10-25(17)8-14(26)22-21-7-11-4-5-12(13(6-11)31-3)32-9-15(27)28/h4-7,10H,8-9H2,1-3H3,(H,22,26)(H,27,28)/b21-7+. The van der Waals surface area contributed by atoms with Crippen molar-refractivity contribution in [2.45, 2.75) is 6.54 Å². The first kappa shape index (κ1) is 22.3. The molecule has 0 unspecified atom stereocenters. The average Bonchev–Trinajstić information content (AvgIpc) is 3.18. The van der Waals surface area contributed by atoms with Crippen molar-refractivity contribution in [1.29, 1.82) is 0 Å². The fourth-order valence-electron chi connectivity index (χ4n) is 2.95. The van der Waals surface area contributed by atoms with Crippen LogP contribution in [0.5, 0.6) is 11.5 Å². The van der Waals surface area contributed by atoms with Crippen molar-refractivity contribution >= 4 is 29.3 Å². The van der Waals surface area contributed by atoms with Crippen LogP contribution < -0.4 is 26.1 Å². The molecule has 0 aliphatic carbocycles. The molecule has 2 heterocycles. The highest BCUT2D eigenvalue weighted by atomic mass is 16.5. The smallest absolute Gasteiger partial charge is 0.341 e. The second kappa shape index (κ2) is 9.16. The van der Waals surface area contributed by atoms with Crippen molar-refractivity contribution in [1.82, 2.24) is 24.1 Å². The number of amides is 1. The summed E-state index contributed by atoms with van der Waals surface area (Å²) in [5.41, 5.74) is 2.11. The molecule has 32 heavy (non-hydrogen) atoms. The summed E-state index contributed by atoms with van der Waals surface area (Å²) >= 11 is 0. The predicted molar refractivity (Wildman–Crippen MR) is 112 cm³/mol. The van der Waals surface area contributed by atoms with Gasteiger partial charge in [0.25, 0.3) is 11.5 Å². The number of rotatable bonds is 8. The van der Waals surface area contributed by atoms with Crippen LogP contribution in [0.4, 0.5) is 0 Å². The monoisotopic (exact) mass is 444 g/mol. The minimum atomic E-state index is -1.12. The summed E-state index contributed by atoms with van der Waals surface area (Å²) < 4.78 is 13.8. The van der Waals surface area contributed by atoms with E-state index in [1.807, 2.05) is 0 Å². The van der Waals surface area contributed by atoms with E-state index < -0.39 is 29.7 Å². The molecule has 2 N–H and O–H groups in total. The summed E-state index contributed by atoms with van der Waals surface area (Å²) in [6.45, 7) is -0.736. The van der Waals surface area contributed by atoms with E-state index in [0.29, 0.717) is 11.3 Å². The Balaban J connectivity index is 1.71. The maximum Gasteiger partial charge on any atom is 0.341 e. The van der Waals surface area contributed by atoms with Gasteiger partial charge in [-0.05, 0) is 23.8 Å². The fourth-order valence-corrected chi connectivity index (χ4v) is 2.95. The number of nitrogens with one attached hydrogen (secondary N) is 1. The summed E-state index contributed by atoms with van der Waals surface area (Å²) in [5.74, 6) is -1.08. The molecule has 168 valence electrons. The normalized spacial score (nSPS) is 11.1. The number of carbonyl (C=O) groups excluding carboxylic acids is 1. The van der Waals surface area contributed by atoms with E-state index in [1.54, 1.807) is 12.1 Å². The Morgan fingerprint density at radius 2 is 1.97 bits per heavy atom. The predicted octanol–water partition coefficient (Wildman–Crippen LogP) is -0.944. The second-order valence-corrected chi connectivity index (χ2v) is 6.64. The van der Waals surface area contributed by atoms with Crippen molar-refractivity contribution in [3.05, 3.63) is 50.9 Å². The number of carbonyl (C=O) groups is 2. The van der Waals surface area contributed by atoms with E-state index in [1.165, 1.54) is 48.9 Å². The van der Waals surface area contributed by atoms with Crippen LogP contribution in [0.1, 0.15) is 5.56 Å². The second-order valence-electron chi connectivity index (χ2n) is 6.64. The van der Waals surface area contributed by atoms with E-state index in [0.717, 1.165) is 4.57 Å². The highest BCUT2D eigenvalue weighted by Crippen LogP contribution is 2.27. The molecule has 13 heteroatoms. The molecule has 0 bridgehead atoms. The third kappa shape index (κ3) is 4.50. The Labute approximate surface area is 180 Å². The first-order chi connectivity index (χ1) is 15.2. The first-order valence-corrected chi connectivity index (χ1v) is 9.18. The molecular weight excluding hydrogens is 424 g/mol. The number of benzene rings is 1. The van der Waals surface area contributed by atoms with Crippen LogP contribution in [0.2, 0.25) is 0 Å². The number of imidazole rings is 1. The lowest BCUT2D eigenvalue weighted by Crippen LogP contribution is -2.37. The first-order valence-electron chi connectivity index (χ1n) is 9.18. The molecule has 0 aliphatic rings. The number of fused-ring (bicyclic) bond motifs is 1. The summed E-state index contributed by atoms with van der Waals surface area (Å²) in [5, 5.41) is 12.6. The Morgan fingerprint density at radius 1 is 1.22 bits per heavy atom. The van der Waals surface area contributed by atoms with Gasteiger partial charge in [0.15, 0.2) is 23.6 Å². The Kier molecular flexibility index (Phi) is 6.37. The molecular formula is C19H20N6O7. The van der Waals surface area contributed by atoms with E-state index >= 15 is 0 Å². The third-order valence-corrected chi connectivity index (χ3v) is 4.46. The van der Waals surface area contributed by atoms with Gasteiger partial charge in [-0.2, -0.15) is 5.10 Å². The van der Waals surface area contributed by atoms with Crippen molar-refractivity contribution < 1.29 is 24.2 Å². The molecule has 2 aromatic heterocycles. The zero-order chi connectivity index (χ0) is 23.4. The van der Waals surface area contributed by atoms with Gasteiger partial charge in [0.1, 0.15) is 12.2 Å². The van der Waals surface area contributed by atoms with Crippen molar-refractivity contribution in [2.24, 2.45) is 19.2 Å². The summed E-state index contributed by atoms with van der Waals surface area (Å²) in [6, 6.07) is 4.68. The fraction of sp³-hybridized carbons (Fsp3) is 0.263. The molecule has 0 radical (unpaired) electrons. The number of aliphatic carboxylic acids is 1. The van der Waals surface area contributed by atoms with E-state index in [2.05, 4.69) is 15.5 Å². The van der Waals surface area contributed by atoms with Crippen LogP contribution in [0.25, 0.3) is 11.2 Å². The van der Waals surface area contributed by atoms with Gasteiger partial charge in [0.05, 0.1) is 19.7 Å². The molecule has 0 atom stereocenters. The highest BCUT2D eigenvalue weighted by Gasteiger charge is 2.15. The maximum absolute atomic E-state index is 12.3. The zero-order valence-corrected chi connectivity index (χ0v) is 17.4. The minimum Gasteiger partial charge on any atom is -0.493 e. The Morgan fingerprint density at radius 3 is 2.66 bits per heavy atom. The number of hydrazone groups is 1. The number of aryl methyl sites for hydroxylation is 1. The van der Waals surface area contributed by atoms with Crippen molar-refractivity contribution in [3.8, 4) is 11.5 Å². The van der Waals surface area contributed by atoms with E-state index in [-0.39, 0.29) is 23.5 Å². The number of hydrogen-bond acceptors (Lipinski definition) is 8.